The van der Waals surface area contributed by atoms with E-state index in [1.165, 1.54) is 34.6 Å². The lowest BCUT2D eigenvalue weighted by Gasteiger charge is -2.30. The van der Waals surface area contributed by atoms with Gasteiger partial charge >= 0.3 is 0 Å². The van der Waals surface area contributed by atoms with E-state index in [9.17, 15) is 21.6 Å². The first-order chi connectivity index (χ1) is 14.5. The summed E-state index contributed by atoms with van der Waals surface area (Å²) < 4.78 is 49.6. The van der Waals surface area contributed by atoms with E-state index in [0.717, 1.165) is 5.56 Å². The molecule has 168 valence electrons. The maximum Gasteiger partial charge on any atom is 0.244 e. The summed E-state index contributed by atoms with van der Waals surface area (Å²) in [5.41, 5.74) is 0.719. The number of amides is 1. The first-order valence-corrected chi connectivity index (χ1v) is 13.1. The van der Waals surface area contributed by atoms with Gasteiger partial charge in [0.1, 0.15) is 4.90 Å². The predicted molar refractivity (Wildman–Crippen MR) is 118 cm³/mol. The Morgan fingerprint density at radius 1 is 1.03 bits per heavy atom. The van der Waals surface area contributed by atoms with Gasteiger partial charge < -0.3 is 5.32 Å². The Bertz CT molecular complexity index is 1180. The van der Waals surface area contributed by atoms with Crippen molar-refractivity contribution in [3.8, 4) is 0 Å². The third-order valence-electron chi connectivity index (χ3n) is 5.05. The molecule has 2 aromatic carbocycles. The summed E-state index contributed by atoms with van der Waals surface area (Å²) in [6.45, 7) is 0.596. The first kappa shape index (κ1) is 24.0. The van der Waals surface area contributed by atoms with Crippen molar-refractivity contribution < 1.29 is 21.6 Å². The van der Waals surface area contributed by atoms with E-state index in [1.807, 2.05) is 0 Å². The van der Waals surface area contributed by atoms with Crippen LogP contribution in [0.1, 0.15) is 18.4 Å². The Labute approximate surface area is 191 Å². The number of primary sulfonamides is 1. The second kappa shape index (κ2) is 9.43. The molecule has 1 aliphatic heterocycles. The van der Waals surface area contributed by atoms with E-state index in [-0.39, 0.29) is 51.3 Å². The number of rotatable bonds is 6. The molecular formula is C19H21Cl2N3O5S2. The molecule has 1 aliphatic rings. The SMILES string of the molecule is NS(=O)(=O)c1ccc(CNC(=O)C2CCN(S(=O)(=O)c3cc(Cl)ccc3Cl)CC2)cc1. The smallest absolute Gasteiger partial charge is 0.244 e. The normalized spacial score (nSPS) is 16.2. The number of benzene rings is 2. The highest BCUT2D eigenvalue weighted by molar-refractivity contribution is 7.89. The van der Waals surface area contributed by atoms with Crippen molar-refractivity contribution >= 4 is 49.2 Å². The molecule has 1 heterocycles. The van der Waals surface area contributed by atoms with Crippen molar-refractivity contribution in [3.05, 3.63) is 58.1 Å². The van der Waals surface area contributed by atoms with Crippen molar-refractivity contribution in [2.45, 2.75) is 29.2 Å². The zero-order valence-electron chi connectivity index (χ0n) is 16.3. The van der Waals surface area contributed by atoms with E-state index in [2.05, 4.69) is 5.32 Å². The van der Waals surface area contributed by atoms with E-state index in [4.69, 9.17) is 28.3 Å². The molecule has 0 saturated carbocycles. The molecule has 0 spiro atoms. The van der Waals surface area contributed by atoms with Crippen LogP contribution >= 0.6 is 23.2 Å². The van der Waals surface area contributed by atoms with Gasteiger partial charge in [0, 0.05) is 30.6 Å². The van der Waals surface area contributed by atoms with Crippen LogP contribution in [-0.4, -0.2) is 40.1 Å². The highest BCUT2D eigenvalue weighted by Gasteiger charge is 2.33. The van der Waals surface area contributed by atoms with Crippen LogP contribution in [0.2, 0.25) is 10.0 Å². The maximum atomic E-state index is 12.9. The molecule has 0 atom stereocenters. The molecule has 0 radical (unpaired) electrons. The molecule has 0 aliphatic carbocycles. The summed E-state index contributed by atoms with van der Waals surface area (Å²) in [7, 11) is -7.58. The van der Waals surface area contributed by atoms with Crippen LogP contribution in [-0.2, 0) is 31.4 Å². The zero-order valence-corrected chi connectivity index (χ0v) is 19.4. The molecule has 3 N–H and O–H groups in total. The molecule has 31 heavy (non-hydrogen) atoms. The van der Waals surface area contributed by atoms with Gasteiger partial charge in [-0.1, -0.05) is 35.3 Å². The summed E-state index contributed by atoms with van der Waals surface area (Å²) in [6, 6.07) is 10.2. The lowest BCUT2D eigenvalue weighted by molar-refractivity contribution is -0.126. The number of carbonyl (C=O) groups is 1. The van der Waals surface area contributed by atoms with Crippen molar-refractivity contribution in [1.29, 1.82) is 0 Å². The summed E-state index contributed by atoms with van der Waals surface area (Å²) >= 11 is 12.0. The van der Waals surface area contributed by atoms with Gasteiger partial charge in [-0.2, -0.15) is 4.31 Å². The van der Waals surface area contributed by atoms with Crippen molar-refractivity contribution in [2.75, 3.05) is 13.1 Å². The molecule has 3 rings (SSSR count). The Morgan fingerprint density at radius 2 is 1.65 bits per heavy atom. The van der Waals surface area contributed by atoms with Gasteiger partial charge in [-0.15, -0.1) is 0 Å². The van der Waals surface area contributed by atoms with Gasteiger partial charge in [0.15, 0.2) is 0 Å². The second-order valence-corrected chi connectivity index (χ2v) is 11.5. The predicted octanol–water partition coefficient (Wildman–Crippen LogP) is 2.36. The molecule has 0 bridgehead atoms. The molecule has 1 amide bonds. The lowest BCUT2D eigenvalue weighted by atomic mass is 9.97. The van der Waals surface area contributed by atoms with Crippen LogP contribution in [0.4, 0.5) is 0 Å². The third kappa shape index (κ3) is 5.76. The van der Waals surface area contributed by atoms with Gasteiger partial charge in [0.05, 0.1) is 9.92 Å². The molecule has 12 heteroatoms. The number of nitrogens with two attached hydrogens (primary N) is 1. The average molecular weight is 506 g/mol. The Hall–Kier alpha value is -1.69. The molecule has 2 aromatic rings. The van der Waals surface area contributed by atoms with Crippen molar-refractivity contribution in [3.63, 3.8) is 0 Å². The highest BCUT2D eigenvalue weighted by atomic mass is 35.5. The summed E-state index contributed by atoms with van der Waals surface area (Å²) in [5.74, 6) is -0.515. The van der Waals surface area contributed by atoms with Crippen molar-refractivity contribution in [1.82, 2.24) is 9.62 Å². The minimum Gasteiger partial charge on any atom is -0.352 e. The number of sulfonamides is 2. The van der Waals surface area contributed by atoms with Crippen LogP contribution in [0.25, 0.3) is 0 Å². The van der Waals surface area contributed by atoms with Crippen LogP contribution in [0.15, 0.2) is 52.3 Å². The number of nitrogens with one attached hydrogen (secondary N) is 1. The van der Waals surface area contributed by atoms with Crippen LogP contribution in [0.3, 0.4) is 0 Å². The molecule has 1 saturated heterocycles. The number of piperidine rings is 1. The second-order valence-electron chi connectivity index (χ2n) is 7.16. The Kier molecular flexibility index (Phi) is 7.29. The van der Waals surface area contributed by atoms with E-state index in [1.54, 1.807) is 12.1 Å². The van der Waals surface area contributed by atoms with Gasteiger partial charge in [-0.05, 0) is 48.7 Å². The quantitative estimate of drug-likeness (QED) is 0.622. The summed E-state index contributed by atoms with van der Waals surface area (Å²) in [4.78, 5) is 12.4. The number of halogens is 2. The molecule has 8 nitrogen and oxygen atoms in total. The topological polar surface area (TPSA) is 127 Å². The molecule has 0 aromatic heterocycles. The van der Waals surface area contributed by atoms with Crippen LogP contribution in [0, 0.1) is 5.92 Å². The van der Waals surface area contributed by atoms with Gasteiger partial charge in [-0.3, -0.25) is 4.79 Å². The number of carbonyl (C=O) groups excluding carboxylic acids is 1. The fourth-order valence-electron chi connectivity index (χ4n) is 3.30. The molecule has 0 unspecified atom stereocenters. The lowest BCUT2D eigenvalue weighted by Crippen LogP contribution is -2.42. The highest BCUT2D eigenvalue weighted by Crippen LogP contribution is 2.30. The Morgan fingerprint density at radius 3 is 2.23 bits per heavy atom. The zero-order chi connectivity index (χ0) is 22.8. The third-order valence-corrected chi connectivity index (χ3v) is 8.60. The van der Waals surface area contributed by atoms with Crippen molar-refractivity contribution in [2.24, 2.45) is 11.1 Å². The maximum absolute atomic E-state index is 12.9. The summed E-state index contributed by atoms with van der Waals surface area (Å²) in [5, 5.41) is 8.23. The fraction of sp³-hybridized carbons (Fsp3) is 0.316. The van der Waals surface area contributed by atoms with E-state index < -0.39 is 20.0 Å². The van der Waals surface area contributed by atoms with Crippen LogP contribution in [0.5, 0.6) is 0 Å². The molecular weight excluding hydrogens is 485 g/mol. The number of hydrogen-bond donors (Lipinski definition) is 2. The van der Waals surface area contributed by atoms with E-state index >= 15 is 0 Å². The minimum absolute atomic E-state index is 0.00374. The Balaban J connectivity index is 1.57. The molecule has 1 fully saturated rings. The van der Waals surface area contributed by atoms with E-state index in [0.29, 0.717) is 12.8 Å². The monoisotopic (exact) mass is 505 g/mol. The first-order valence-electron chi connectivity index (χ1n) is 9.33. The standard InChI is InChI=1S/C19H21Cl2N3O5S2/c20-15-3-6-17(21)18(11-15)31(28,29)24-9-7-14(8-10-24)19(25)23-12-13-1-4-16(5-2-13)30(22,26)27/h1-6,11,14H,7-10,12H2,(H,23,25)(H2,22,26,27). The largest absolute Gasteiger partial charge is 0.352 e. The van der Waals surface area contributed by atoms with Gasteiger partial charge in [-0.25, -0.2) is 22.0 Å². The fourth-order valence-corrected chi connectivity index (χ4v) is 6.03. The van der Waals surface area contributed by atoms with Gasteiger partial charge in [0.25, 0.3) is 0 Å². The number of nitrogens with zero attached hydrogens (tertiary/aromatic N) is 1. The number of hydrogen-bond acceptors (Lipinski definition) is 5. The summed E-state index contributed by atoms with van der Waals surface area (Å²) in [6.07, 6.45) is 0.737. The average Bonchev–Trinajstić information content (AvgIpc) is 2.73. The minimum atomic E-state index is -3.81. The van der Waals surface area contributed by atoms with Gasteiger partial charge in [0.2, 0.25) is 26.0 Å². The van der Waals surface area contributed by atoms with Crippen LogP contribution < -0.4 is 10.5 Å².